The number of hydrogen-bond acceptors (Lipinski definition) is 2. The van der Waals surface area contributed by atoms with Gasteiger partial charge in [-0.15, -0.1) is 0 Å². The van der Waals surface area contributed by atoms with Gasteiger partial charge in [-0.25, -0.2) is 0 Å². The lowest BCUT2D eigenvalue weighted by Gasteiger charge is -2.43. The molecule has 0 saturated carbocycles. The first kappa shape index (κ1) is 11.0. The molecule has 1 saturated heterocycles. The van der Waals surface area contributed by atoms with Gasteiger partial charge in [0.05, 0.1) is 0 Å². The van der Waals surface area contributed by atoms with Gasteiger partial charge < -0.3 is 10.2 Å². The Morgan fingerprint density at radius 3 is 2.36 bits per heavy atom. The van der Waals surface area contributed by atoms with Gasteiger partial charge in [0.15, 0.2) is 0 Å². The molecule has 2 amide bonds. The zero-order valence-electron chi connectivity index (χ0n) is 9.26. The summed E-state index contributed by atoms with van der Waals surface area (Å²) >= 11 is 0. The van der Waals surface area contributed by atoms with E-state index in [0.29, 0.717) is 13.0 Å². The molecule has 1 aliphatic rings. The normalized spacial score (nSPS) is 26.3. The molecule has 14 heavy (non-hydrogen) atoms. The Balaban J connectivity index is 2.97. The Morgan fingerprint density at radius 2 is 1.93 bits per heavy atom. The van der Waals surface area contributed by atoms with Crippen LogP contribution in [0.3, 0.4) is 0 Å². The van der Waals surface area contributed by atoms with Crippen molar-refractivity contribution in [2.75, 3.05) is 6.54 Å². The Kier molecular flexibility index (Phi) is 2.83. The van der Waals surface area contributed by atoms with Gasteiger partial charge in [-0.05, 0) is 27.2 Å². The van der Waals surface area contributed by atoms with Gasteiger partial charge in [0.25, 0.3) is 0 Å². The number of carbonyl (C=O) groups is 2. The SMILES string of the molecule is CCC1NC(=O)C(C)(C)N(CC)C1=O. The maximum atomic E-state index is 11.9. The molecule has 1 N–H and O–H groups in total. The number of likely N-dealkylation sites (N-methyl/N-ethyl adjacent to an activating group) is 1. The molecule has 1 rings (SSSR count). The number of nitrogens with one attached hydrogen (secondary N) is 1. The highest BCUT2D eigenvalue weighted by molar-refractivity contribution is 5.99. The summed E-state index contributed by atoms with van der Waals surface area (Å²) in [5, 5.41) is 2.74. The van der Waals surface area contributed by atoms with E-state index in [-0.39, 0.29) is 17.9 Å². The maximum absolute atomic E-state index is 11.9. The van der Waals surface area contributed by atoms with Crippen LogP contribution in [-0.2, 0) is 9.59 Å². The zero-order chi connectivity index (χ0) is 10.9. The van der Waals surface area contributed by atoms with Crippen molar-refractivity contribution >= 4 is 11.8 Å². The predicted molar refractivity (Wildman–Crippen MR) is 53.7 cm³/mol. The molecule has 4 heteroatoms. The lowest BCUT2D eigenvalue weighted by atomic mass is 9.95. The minimum atomic E-state index is -0.711. The Bertz CT molecular complexity index is 261. The van der Waals surface area contributed by atoms with E-state index >= 15 is 0 Å². The Labute approximate surface area is 84.7 Å². The van der Waals surface area contributed by atoms with E-state index < -0.39 is 5.54 Å². The van der Waals surface area contributed by atoms with Crippen LogP contribution in [0.15, 0.2) is 0 Å². The van der Waals surface area contributed by atoms with E-state index in [1.165, 1.54) is 0 Å². The summed E-state index contributed by atoms with van der Waals surface area (Å²) < 4.78 is 0. The van der Waals surface area contributed by atoms with Crippen LogP contribution in [0.1, 0.15) is 34.1 Å². The van der Waals surface area contributed by atoms with Crippen molar-refractivity contribution in [2.45, 2.75) is 45.7 Å². The van der Waals surface area contributed by atoms with Crippen LogP contribution >= 0.6 is 0 Å². The molecule has 0 aromatic rings. The van der Waals surface area contributed by atoms with E-state index in [2.05, 4.69) is 5.32 Å². The standard InChI is InChI=1S/C10H18N2O2/c1-5-7-8(13)12(6-2)10(3,4)9(14)11-7/h7H,5-6H2,1-4H3,(H,11,14). The molecule has 1 unspecified atom stereocenters. The predicted octanol–water partition coefficient (Wildman–Crippen LogP) is 0.522. The molecule has 80 valence electrons. The fourth-order valence-corrected chi connectivity index (χ4v) is 1.81. The molecule has 1 atom stereocenters. The van der Waals surface area contributed by atoms with Gasteiger partial charge in [-0.2, -0.15) is 0 Å². The molecule has 0 aromatic carbocycles. The number of carbonyl (C=O) groups excluding carboxylic acids is 2. The fraction of sp³-hybridized carbons (Fsp3) is 0.800. The third kappa shape index (κ3) is 1.49. The molecule has 0 aliphatic carbocycles. The van der Waals surface area contributed by atoms with Crippen molar-refractivity contribution in [1.29, 1.82) is 0 Å². The summed E-state index contributed by atoms with van der Waals surface area (Å²) in [5.41, 5.74) is -0.711. The highest BCUT2D eigenvalue weighted by atomic mass is 16.2. The average molecular weight is 198 g/mol. The van der Waals surface area contributed by atoms with E-state index in [1.54, 1.807) is 18.7 Å². The van der Waals surface area contributed by atoms with E-state index in [9.17, 15) is 9.59 Å². The molecule has 1 aliphatic heterocycles. The van der Waals surface area contributed by atoms with Crippen LogP contribution in [-0.4, -0.2) is 34.8 Å². The number of amides is 2. The van der Waals surface area contributed by atoms with Crippen molar-refractivity contribution in [1.82, 2.24) is 10.2 Å². The van der Waals surface area contributed by atoms with Crippen molar-refractivity contribution in [3.05, 3.63) is 0 Å². The number of nitrogens with zero attached hydrogens (tertiary/aromatic N) is 1. The van der Waals surface area contributed by atoms with Crippen molar-refractivity contribution in [2.24, 2.45) is 0 Å². The fourth-order valence-electron chi connectivity index (χ4n) is 1.81. The average Bonchev–Trinajstić information content (AvgIpc) is 2.12. The molecule has 0 spiro atoms. The minimum Gasteiger partial charge on any atom is -0.342 e. The highest BCUT2D eigenvalue weighted by Crippen LogP contribution is 2.21. The Hall–Kier alpha value is -1.06. The molecule has 4 nitrogen and oxygen atoms in total. The second kappa shape index (κ2) is 3.59. The first-order chi connectivity index (χ1) is 6.45. The van der Waals surface area contributed by atoms with Crippen LogP contribution in [0.2, 0.25) is 0 Å². The first-order valence-electron chi connectivity index (χ1n) is 5.07. The summed E-state index contributed by atoms with van der Waals surface area (Å²) in [6.07, 6.45) is 0.650. The van der Waals surface area contributed by atoms with Crippen LogP contribution < -0.4 is 5.32 Å². The largest absolute Gasteiger partial charge is 0.342 e. The van der Waals surface area contributed by atoms with E-state index in [0.717, 1.165) is 0 Å². The van der Waals surface area contributed by atoms with Crippen molar-refractivity contribution < 1.29 is 9.59 Å². The monoisotopic (exact) mass is 198 g/mol. The third-order valence-electron chi connectivity index (χ3n) is 2.82. The Morgan fingerprint density at radius 1 is 1.36 bits per heavy atom. The molecule has 0 radical (unpaired) electrons. The summed E-state index contributed by atoms with van der Waals surface area (Å²) in [7, 11) is 0. The van der Waals surface area contributed by atoms with Gasteiger partial charge >= 0.3 is 0 Å². The molecular formula is C10H18N2O2. The van der Waals surface area contributed by atoms with Crippen molar-refractivity contribution in [3.63, 3.8) is 0 Å². The second-order valence-electron chi connectivity index (χ2n) is 4.08. The lowest BCUT2D eigenvalue weighted by molar-refractivity contribution is -0.155. The summed E-state index contributed by atoms with van der Waals surface area (Å²) in [6.45, 7) is 7.92. The van der Waals surface area contributed by atoms with Crippen LogP contribution in [0.25, 0.3) is 0 Å². The minimum absolute atomic E-state index is 0.0274. The van der Waals surface area contributed by atoms with Crippen LogP contribution in [0.4, 0.5) is 0 Å². The summed E-state index contributed by atoms with van der Waals surface area (Å²) in [6, 6.07) is -0.338. The topological polar surface area (TPSA) is 49.4 Å². The van der Waals surface area contributed by atoms with Crippen molar-refractivity contribution in [3.8, 4) is 0 Å². The number of piperazine rings is 1. The lowest BCUT2D eigenvalue weighted by Crippen LogP contribution is -2.68. The first-order valence-corrected chi connectivity index (χ1v) is 5.07. The highest BCUT2D eigenvalue weighted by Gasteiger charge is 2.44. The molecule has 0 bridgehead atoms. The maximum Gasteiger partial charge on any atom is 0.246 e. The number of hydrogen-bond donors (Lipinski definition) is 1. The molecule has 1 fully saturated rings. The van der Waals surface area contributed by atoms with E-state index in [1.807, 2.05) is 13.8 Å². The van der Waals surface area contributed by atoms with Crippen LogP contribution in [0, 0.1) is 0 Å². The van der Waals surface area contributed by atoms with Gasteiger partial charge in [-0.1, -0.05) is 6.92 Å². The smallest absolute Gasteiger partial charge is 0.246 e. The van der Waals surface area contributed by atoms with E-state index in [4.69, 9.17) is 0 Å². The summed E-state index contributed by atoms with van der Waals surface area (Å²) in [4.78, 5) is 25.2. The molecule has 0 aromatic heterocycles. The molecular weight excluding hydrogens is 180 g/mol. The van der Waals surface area contributed by atoms with Gasteiger partial charge in [0, 0.05) is 6.54 Å². The molecule has 1 heterocycles. The second-order valence-corrected chi connectivity index (χ2v) is 4.08. The zero-order valence-corrected chi connectivity index (χ0v) is 9.26. The van der Waals surface area contributed by atoms with Gasteiger partial charge in [0.2, 0.25) is 11.8 Å². The third-order valence-corrected chi connectivity index (χ3v) is 2.82. The van der Waals surface area contributed by atoms with Crippen LogP contribution in [0.5, 0.6) is 0 Å². The van der Waals surface area contributed by atoms with Gasteiger partial charge in [-0.3, -0.25) is 9.59 Å². The number of rotatable bonds is 2. The summed E-state index contributed by atoms with van der Waals surface area (Å²) in [5.74, 6) is -0.0367. The van der Waals surface area contributed by atoms with Gasteiger partial charge in [0.1, 0.15) is 11.6 Å². The quantitative estimate of drug-likeness (QED) is 0.703.